The number of hydrogen-bond donors (Lipinski definition) is 0. The number of piperazine rings is 1. The number of rotatable bonds is 4. The molecule has 2 aliphatic rings. The first-order valence-electron chi connectivity index (χ1n) is 10.1. The van der Waals surface area contributed by atoms with E-state index in [1.54, 1.807) is 16.7 Å². The van der Waals surface area contributed by atoms with Gasteiger partial charge in [0.25, 0.3) is 11.8 Å². The maximum absolute atomic E-state index is 13.2. The van der Waals surface area contributed by atoms with Gasteiger partial charge in [-0.15, -0.1) is 0 Å². The highest BCUT2D eigenvalue weighted by atomic mass is 16.2. The summed E-state index contributed by atoms with van der Waals surface area (Å²) in [4.78, 5) is 52.2. The molecule has 1 atom stereocenters. The van der Waals surface area contributed by atoms with Gasteiger partial charge in [-0.3, -0.25) is 14.4 Å². The van der Waals surface area contributed by atoms with Crippen LogP contribution in [0.3, 0.4) is 0 Å². The molecule has 1 aromatic heterocycles. The fourth-order valence-electron chi connectivity index (χ4n) is 3.86. The molecule has 3 rings (SSSR count). The highest BCUT2D eigenvalue weighted by molar-refractivity contribution is 6.05. The summed E-state index contributed by atoms with van der Waals surface area (Å²) in [5.41, 5.74) is 0.119. The van der Waals surface area contributed by atoms with Crippen LogP contribution in [0, 0.1) is 5.92 Å². The largest absolute Gasteiger partial charge is 0.339 e. The maximum atomic E-state index is 13.2. The highest BCUT2D eigenvalue weighted by Gasteiger charge is 2.37. The number of hydrogen-bond acceptors (Lipinski definition) is 5. The Labute approximate surface area is 165 Å². The molecule has 1 aromatic rings. The number of amides is 3. The molecule has 152 valence electrons. The van der Waals surface area contributed by atoms with Gasteiger partial charge >= 0.3 is 0 Å². The third-order valence-corrected chi connectivity index (χ3v) is 5.34. The molecule has 2 saturated heterocycles. The summed E-state index contributed by atoms with van der Waals surface area (Å²) in [7, 11) is 0. The SMILES string of the molecule is CC(C)CN1CCN(C(=O)c2nccnc2C(=O)N2CCCCC2)C(C)C1=O. The summed E-state index contributed by atoms with van der Waals surface area (Å²) in [5.74, 6) is -0.361. The van der Waals surface area contributed by atoms with E-state index in [0.29, 0.717) is 38.6 Å². The second-order valence-electron chi connectivity index (χ2n) is 7.96. The molecule has 3 amide bonds. The van der Waals surface area contributed by atoms with Crippen molar-refractivity contribution in [3.8, 4) is 0 Å². The van der Waals surface area contributed by atoms with E-state index in [0.717, 1.165) is 19.3 Å². The van der Waals surface area contributed by atoms with Crippen molar-refractivity contribution in [1.82, 2.24) is 24.7 Å². The molecule has 8 nitrogen and oxygen atoms in total. The number of likely N-dealkylation sites (tertiary alicyclic amines) is 1. The minimum atomic E-state index is -0.583. The Bertz CT molecular complexity index is 745. The van der Waals surface area contributed by atoms with Gasteiger partial charge in [-0.25, -0.2) is 9.97 Å². The monoisotopic (exact) mass is 387 g/mol. The quantitative estimate of drug-likeness (QED) is 0.780. The lowest BCUT2D eigenvalue weighted by molar-refractivity contribution is -0.140. The molecule has 0 bridgehead atoms. The topological polar surface area (TPSA) is 86.7 Å². The van der Waals surface area contributed by atoms with E-state index in [2.05, 4.69) is 23.8 Å². The van der Waals surface area contributed by atoms with E-state index in [-0.39, 0.29) is 23.2 Å². The molecule has 0 aromatic carbocycles. The summed E-state index contributed by atoms with van der Waals surface area (Å²) in [6.45, 7) is 8.79. The Morgan fingerprint density at radius 1 is 1.00 bits per heavy atom. The summed E-state index contributed by atoms with van der Waals surface area (Å²) < 4.78 is 0. The van der Waals surface area contributed by atoms with E-state index >= 15 is 0 Å². The average Bonchev–Trinajstić information content (AvgIpc) is 2.71. The third kappa shape index (κ3) is 4.15. The average molecular weight is 387 g/mol. The molecule has 0 saturated carbocycles. The Balaban J connectivity index is 1.79. The lowest BCUT2D eigenvalue weighted by atomic mass is 10.1. The molecule has 8 heteroatoms. The summed E-state index contributed by atoms with van der Waals surface area (Å²) >= 11 is 0. The van der Waals surface area contributed by atoms with E-state index in [9.17, 15) is 14.4 Å². The minimum Gasteiger partial charge on any atom is -0.339 e. The molecule has 0 spiro atoms. The lowest BCUT2D eigenvalue weighted by Gasteiger charge is -2.39. The number of carbonyl (C=O) groups excluding carboxylic acids is 3. The van der Waals surface area contributed by atoms with Crippen LogP contribution in [0.25, 0.3) is 0 Å². The van der Waals surface area contributed by atoms with Crippen molar-refractivity contribution in [3.63, 3.8) is 0 Å². The van der Waals surface area contributed by atoms with Gasteiger partial charge < -0.3 is 14.7 Å². The molecule has 28 heavy (non-hydrogen) atoms. The molecule has 0 aliphatic carbocycles. The minimum absolute atomic E-state index is 0.0371. The normalized spacial score (nSPS) is 20.6. The van der Waals surface area contributed by atoms with E-state index in [4.69, 9.17) is 0 Å². The van der Waals surface area contributed by atoms with E-state index in [1.807, 2.05) is 0 Å². The fourth-order valence-corrected chi connectivity index (χ4v) is 3.86. The van der Waals surface area contributed by atoms with Crippen molar-refractivity contribution in [2.75, 3.05) is 32.7 Å². The van der Waals surface area contributed by atoms with Crippen molar-refractivity contribution in [2.45, 2.75) is 46.1 Å². The Morgan fingerprint density at radius 2 is 1.61 bits per heavy atom. The van der Waals surface area contributed by atoms with Gasteiger partial charge in [0.2, 0.25) is 5.91 Å². The molecule has 2 fully saturated rings. The predicted molar refractivity (Wildman–Crippen MR) is 104 cm³/mol. The van der Waals surface area contributed by atoms with Crippen LogP contribution in [0.1, 0.15) is 61.0 Å². The third-order valence-electron chi connectivity index (χ3n) is 5.34. The summed E-state index contributed by atoms with van der Waals surface area (Å²) in [6, 6.07) is -0.583. The zero-order valence-electron chi connectivity index (χ0n) is 16.9. The zero-order chi connectivity index (χ0) is 20.3. The maximum Gasteiger partial charge on any atom is 0.275 e. The first kappa shape index (κ1) is 20.2. The van der Waals surface area contributed by atoms with Crippen LogP contribution in [0.15, 0.2) is 12.4 Å². The van der Waals surface area contributed by atoms with Gasteiger partial charge in [-0.05, 0) is 32.1 Å². The van der Waals surface area contributed by atoms with Crippen LogP contribution >= 0.6 is 0 Å². The Hall–Kier alpha value is -2.51. The Morgan fingerprint density at radius 3 is 2.21 bits per heavy atom. The lowest BCUT2D eigenvalue weighted by Crippen LogP contribution is -2.58. The van der Waals surface area contributed by atoms with Gasteiger partial charge in [-0.1, -0.05) is 13.8 Å². The summed E-state index contributed by atoms with van der Waals surface area (Å²) in [6.07, 6.45) is 5.87. The van der Waals surface area contributed by atoms with Crippen molar-refractivity contribution in [1.29, 1.82) is 0 Å². The van der Waals surface area contributed by atoms with E-state index < -0.39 is 11.9 Å². The second-order valence-corrected chi connectivity index (χ2v) is 7.96. The van der Waals surface area contributed by atoms with Gasteiger partial charge in [0.05, 0.1) is 0 Å². The number of aromatic nitrogens is 2. The van der Waals surface area contributed by atoms with Crippen LogP contribution in [0.2, 0.25) is 0 Å². The van der Waals surface area contributed by atoms with Crippen molar-refractivity contribution in [2.24, 2.45) is 5.92 Å². The first-order chi connectivity index (χ1) is 13.4. The molecule has 0 radical (unpaired) electrons. The van der Waals surface area contributed by atoms with Gasteiger partial charge in [-0.2, -0.15) is 0 Å². The van der Waals surface area contributed by atoms with Crippen LogP contribution in [0.5, 0.6) is 0 Å². The van der Waals surface area contributed by atoms with Crippen molar-refractivity contribution in [3.05, 3.63) is 23.8 Å². The number of carbonyl (C=O) groups is 3. The van der Waals surface area contributed by atoms with Crippen molar-refractivity contribution >= 4 is 17.7 Å². The number of piperidine rings is 1. The van der Waals surface area contributed by atoms with Gasteiger partial charge in [0.15, 0.2) is 11.4 Å². The first-order valence-corrected chi connectivity index (χ1v) is 10.1. The molecule has 2 aliphatic heterocycles. The molecule has 1 unspecified atom stereocenters. The van der Waals surface area contributed by atoms with E-state index in [1.165, 1.54) is 17.3 Å². The smallest absolute Gasteiger partial charge is 0.275 e. The summed E-state index contributed by atoms with van der Waals surface area (Å²) in [5, 5.41) is 0. The predicted octanol–water partition coefficient (Wildman–Crippen LogP) is 1.43. The standard InChI is InChI=1S/C20H29N5O3/c1-14(2)13-24-11-12-25(15(3)18(24)26)20(28)17-16(21-7-8-22-17)19(27)23-9-5-4-6-10-23/h7-8,14-15H,4-6,9-13H2,1-3H3. The zero-order valence-corrected chi connectivity index (χ0v) is 16.9. The number of nitrogens with zero attached hydrogens (tertiary/aromatic N) is 5. The van der Waals surface area contributed by atoms with Gasteiger partial charge in [0.1, 0.15) is 6.04 Å². The van der Waals surface area contributed by atoms with Gasteiger partial charge in [0, 0.05) is 45.1 Å². The molecule has 0 N–H and O–H groups in total. The van der Waals surface area contributed by atoms with Crippen LogP contribution in [-0.2, 0) is 4.79 Å². The molecular weight excluding hydrogens is 358 g/mol. The van der Waals surface area contributed by atoms with Crippen LogP contribution < -0.4 is 0 Å². The second kappa shape index (κ2) is 8.67. The van der Waals surface area contributed by atoms with Crippen LogP contribution in [0.4, 0.5) is 0 Å². The molecular formula is C20H29N5O3. The van der Waals surface area contributed by atoms with Crippen molar-refractivity contribution < 1.29 is 14.4 Å². The fraction of sp³-hybridized carbons (Fsp3) is 0.650. The Kier molecular flexibility index (Phi) is 6.26. The van der Waals surface area contributed by atoms with Crippen LogP contribution in [-0.4, -0.2) is 81.2 Å². The highest BCUT2D eigenvalue weighted by Crippen LogP contribution is 2.19. The molecule has 3 heterocycles.